The molecule has 17 heavy (non-hydrogen) atoms. The van der Waals surface area contributed by atoms with Crippen LogP contribution >= 0.6 is 12.2 Å². The van der Waals surface area contributed by atoms with E-state index in [1.54, 1.807) is 20.8 Å². The van der Waals surface area contributed by atoms with Gasteiger partial charge in [0.1, 0.15) is 0 Å². The predicted molar refractivity (Wildman–Crippen MR) is 66.2 cm³/mol. The first-order chi connectivity index (χ1) is 7.70. The van der Waals surface area contributed by atoms with Crippen LogP contribution in [0.1, 0.15) is 20.8 Å². The molecule has 9 heteroatoms. The standard InChI is InChI=1S/C8H15N5O2S2/c1-8(2,3)10-17(14,15)6-4-5-13-7(16)9-11-12-13/h4,6,10H,5H2,1-3H3,(H,9,12,16). The number of tetrazole rings is 1. The average Bonchev–Trinajstić information content (AvgIpc) is 2.47. The molecule has 0 saturated carbocycles. The highest BCUT2D eigenvalue weighted by Crippen LogP contribution is 2.03. The molecule has 0 aromatic carbocycles. The summed E-state index contributed by atoms with van der Waals surface area (Å²) < 4.78 is 27.4. The topological polar surface area (TPSA) is 92.7 Å². The molecule has 7 nitrogen and oxygen atoms in total. The van der Waals surface area contributed by atoms with Gasteiger partial charge in [-0.1, -0.05) is 16.4 Å². The van der Waals surface area contributed by atoms with Gasteiger partial charge in [0.25, 0.3) is 0 Å². The summed E-state index contributed by atoms with van der Waals surface area (Å²) in [5.41, 5.74) is -0.505. The Kier molecular flexibility index (Phi) is 4.17. The van der Waals surface area contributed by atoms with E-state index in [4.69, 9.17) is 12.2 Å². The molecule has 1 aromatic heterocycles. The number of rotatable bonds is 4. The minimum absolute atomic E-state index is 0.274. The number of aromatic amines is 1. The molecule has 1 heterocycles. The number of aromatic nitrogens is 4. The van der Waals surface area contributed by atoms with E-state index in [0.717, 1.165) is 5.41 Å². The Hall–Kier alpha value is -1.06. The number of allylic oxidation sites excluding steroid dienone is 1. The first kappa shape index (κ1) is 14.0. The van der Waals surface area contributed by atoms with Gasteiger partial charge >= 0.3 is 0 Å². The fourth-order valence-electron chi connectivity index (χ4n) is 1.07. The highest BCUT2D eigenvalue weighted by molar-refractivity contribution is 7.92. The molecule has 0 atom stereocenters. The maximum atomic E-state index is 11.6. The molecule has 0 amide bonds. The predicted octanol–water partition coefficient (Wildman–Crippen LogP) is 0.567. The van der Waals surface area contributed by atoms with Crippen LogP contribution in [-0.4, -0.2) is 34.2 Å². The van der Waals surface area contributed by atoms with Crippen molar-refractivity contribution in [3.05, 3.63) is 16.3 Å². The highest BCUT2D eigenvalue weighted by Gasteiger charge is 2.16. The van der Waals surface area contributed by atoms with E-state index in [9.17, 15) is 8.42 Å². The SMILES string of the molecule is CC(C)(C)NS(=O)(=O)C=CCn1[nH]nnc1=S. The van der Waals surface area contributed by atoms with Crippen LogP contribution in [0.4, 0.5) is 0 Å². The third kappa shape index (κ3) is 5.20. The lowest BCUT2D eigenvalue weighted by molar-refractivity contribution is 0.496. The van der Waals surface area contributed by atoms with Crippen LogP contribution in [0.25, 0.3) is 0 Å². The van der Waals surface area contributed by atoms with E-state index in [0.29, 0.717) is 0 Å². The van der Waals surface area contributed by atoms with Gasteiger partial charge < -0.3 is 0 Å². The smallest absolute Gasteiger partial charge is 0.238 e. The lowest BCUT2D eigenvalue weighted by atomic mass is 10.1. The molecular weight excluding hydrogens is 262 g/mol. The average molecular weight is 277 g/mol. The number of hydrogen-bond acceptors (Lipinski definition) is 5. The third-order valence-electron chi connectivity index (χ3n) is 1.54. The number of nitrogens with one attached hydrogen (secondary N) is 2. The van der Waals surface area contributed by atoms with E-state index in [-0.39, 0.29) is 11.3 Å². The molecule has 0 aliphatic heterocycles. The normalized spacial score (nSPS) is 13.4. The maximum absolute atomic E-state index is 11.6. The number of nitrogens with zero attached hydrogens (tertiary/aromatic N) is 3. The van der Waals surface area contributed by atoms with Crippen LogP contribution in [0.2, 0.25) is 0 Å². The van der Waals surface area contributed by atoms with Gasteiger partial charge in [0, 0.05) is 10.9 Å². The lowest BCUT2D eigenvalue weighted by Crippen LogP contribution is -2.39. The van der Waals surface area contributed by atoms with Gasteiger partial charge in [-0.25, -0.2) is 17.8 Å². The quantitative estimate of drug-likeness (QED) is 0.785. The lowest BCUT2D eigenvalue weighted by Gasteiger charge is -2.18. The van der Waals surface area contributed by atoms with Crippen LogP contribution in [0.3, 0.4) is 0 Å². The summed E-state index contributed by atoms with van der Waals surface area (Å²) in [6, 6.07) is 0. The molecular formula is C8H15N5O2S2. The van der Waals surface area contributed by atoms with Crippen molar-refractivity contribution < 1.29 is 8.42 Å². The fourth-order valence-corrected chi connectivity index (χ4v) is 2.49. The monoisotopic (exact) mass is 277 g/mol. The largest absolute Gasteiger partial charge is 0.239 e. The summed E-state index contributed by atoms with van der Waals surface area (Å²) in [5.74, 6) is 0. The molecule has 0 bridgehead atoms. The molecule has 1 rings (SSSR count). The zero-order valence-corrected chi connectivity index (χ0v) is 11.5. The molecule has 0 unspecified atom stereocenters. The van der Waals surface area contributed by atoms with Crippen molar-refractivity contribution in [3.63, 3.8) is 0 Å². The third-order valence-corrected chi connectivity index (χ3v) is 3.29. The van der Waals surface area contributed by atoms with E-state index >= 15 is 0 Å². The van der Waals surface area contributed by atoms with Crippen molar-refractivity contribution in [2.45, 2.75) is 32.9 Å². The van der Waals surface area contributed by atoms with Gasteiger partial charge in [0.2, 0.25) is 14.8 Å². The van der Waals surface area contributed by atoms with Gasteiger partial charge in [-0.3, -0.25) is 0 Å². The Morgan fingerprint density at radius 2 is 2.18 bits per heavy atom. The Balaban J connectivity index is 2.66. The Labute approximate surface area is 105 Å². The summed E-state index contributed by atoms with van der Waals surface area (Å²) in [5, 5.41) is 10.7. The molecule has 0 fully saturated rings. The van der Waals surface area contributed by atoms with Crippen LogP contribution in [-0.2, 0) is 16.6 Å². The number of sulfonamides is 1. The van der Waals surface area contributed by atoms with E-state index < -0.39 is 15.6 Å². The first-order valence-electron chi connectivity index (χ1n) is 4.88. The van der Waals surface area contributed by atoms with Gasteiger partial charge in [-0.15, -0.1) is 0 Å². The summed E-state index contributed by atoms with van der Waals surface area (Å²) >= 11 is 4.84. The summed E-state index contributed by atoms with van der Waals surface area (Å²) in [6.45, 7) is 5.59. The van der Waals surface area contributed by atoms with Crippen molar-refractivity contribution in [1.29, 1.82) is 0 Å². The summed E-state index contributed by atoms with van der Waals surface area (Å²) in [7, 11) is -3.44. The molecule has 96 valence electrons. The van der Waals surface area contributed by atoms with Crippen LogP contribution < -0.4 is 4.72 Å². The second-order valence-electron chi connectivity index (χ2n) is 4.46. The van der Waals surface area contributed by atoms with Crippen LogP contribution in [0.5, 0.6) is 0 Å². The summed E-state index contributed by atoms with van der Waals surface area (Å²) in [4.78, 5) is 0. The van der Waals surface area contributed by atoms with Gasteiger partial charge in [-0.2, -0.15) is 5.21 Å². The zero-order valence-electron chi connectivity index (χ0n) is 9.84. The maximum Gasteiger partial charge on any atom is 0.238 e. The molecule has 0 aliphatic carbocycles. The zero-order chi connectivity index (χ0) is 13.1. The van der Waals surface area contributed by atoms with Crippen LogP contribution in [0, 0.1) is 4.77 Å². The first-order valence-corrected chi connectivity index (χ1v) is 6.83. The highest BCUT2D eigenvalue weighted by atomic mass is 32.2. The Bertz CT molecular complexity index is 549. The Morgan fingerprint density at radius 3 is 2.65 bits per heavy atom. The van der Waals surface area contributed by atoms with Crippen molar-refractivity contribution >= 4 is 22.2 Å². The van der Waals surface area contributed by atoms with Gasteiger partial charge in [-0.05, 0) is 33.0 Å². The second-order valence-corrected chi connectivity index (χ2v) is 6.39. The van der Waals surface area contributed by atoms with Crippen molar-refractivity contribution in [2.75, 3.05) is 0 Å². The van der Waals surface area contributed by atoms with Crippen LogP contribution in [0.15, 0.2) is 11.5 Å². The molecule has 0 radical (unpaired) electrons. The van der Waals surface area contributed by atoms with Crippen molar-refractivity contribution in [3.8, 4) is 0 Å². The van der Waals surface area contributed by atoms with Crippen molar-refractivity contribution in [2.24, 2.45) is 0 Å². The van der Waals surface area contributed by atoms with Gasteiger partial charge in [0.15, 0.2) is 0 Å². The second kappa shape index (κ2) is 5.07. The van der Waals surface area contributed by atoms with E-state index in [1.807, 2.05) is 0 Å². The molecule has 2 N–H and O–H groups in total. The molecule has 0 saturated heterocycles. The fraction of sp³-hybridized carbons (Fsp3) is 0.625. The van der Waals surface area contributed by atoms with Gasteiger partial charge in [0.05, 0.1) is 6.54 Å². The van der Waals surface area contributed by atoms with E-state index in [1.165, 1.54) is 10.8 Å². The summed E-state index contributed by atoms with van der Waals surface area (Å²) in [6.07, 6.45) is 1.46. The Morgan fingerprint density at radius 1 is 1.53 bits per heavy atom. The molecule has 0 spiro atoms. The number of hydrogen-bond donors (Lipinski definition) is 2. The van der Waals surface area contributed by atoms with Crippen molar-refractivity contribution in [1.82, 2.24) is 24.9 Å². The minimum Gasteiger partial charge on any atom is -0.239 e. The molecule has 1 aromatic rings. The molecule has 0 aliphatic rings. The number of H-pyrrole nitrogens is 1. The minimum atomic E-state index is -3.44. The van der Waals surface area contributed by atoms with E-state index in [2.05, 4.69) is 20.2 Å².